The summed E-state index contributed by atoms with van der Waals surface area (Å²) in [6, 6.07) is 5.85. The van der Waals surface area contributed by atoms with Crippen LogP contribution in [-0.2, 0) is 0 Å². The Morgan fingerprint density at radius 1 is 1.06 bits per heavy atom. The summed E-state index contributed by atoms with van der Waals surface area (Å²) in [5.41, 5.74) is 2.68. The molecule has 0 radical (unpaired) electrons. The Hall–Kier alpha value is -1.61. The Kier molecular flexibility index (Phi) is 1.98. The summed E-state index contributed by atoms with van der Waals surface area (Å²) in [5, 5.41) is 0. The van der Waals surface area contributed by atoms with Crippen molar-refractivity contribution < 1.29 is 4.42 Å². The molecule has 5 aliphatic rings. The van der Waals surface area contributed by atoms with Crippen LogP contribution in [0.1, 0.15) is 23.0 Å². The van der Waals surface area contributed by atoms with Gasteiger partial charge in [-0.2, -0.15) is 0 Å². The third-order valence-corrected chi connectivity index (χ3v) is 4.15. The fraction of sp³-hybridized carbons (Fsp3) is 0.133. The van der Waals surface area contributed by atoms with Crippen molar-refractivity contribution in [1.29, 1.82) is 0 Å². The van der Waals surface area contributed by atoms with Gasteiger partial charge in [-0.15, -0.1) is 0 Å². The molecule has 2 nitrogen and oxygen atoms in total. The summed E-state index contributed by atoms with van der Waals surface area (Å²) >= 11 is 3.51. The quantitative estimate of drug-likeness (QED) is 0.693. The van der Waals surface area contributed by atoms with E-state index in [1.165, 1.54) is 0 Å². The van der Waals surface area contributed by atoms with E-state index in [2.05, 4.69) is 46.3 Å². The highest BCUT2D eigenvalue weighted by molar-refractivity contribution is 9.10. The second-order valence-electron chi connectivity index (χ2n) is 4.68. The molecule has 2 bridgehead atoms. The number of allylic oxidation sites excluding steroid dienone is 4. The van der Waals surface area contributed by atoms with Gasteiger partial charge < -0.3 is 4.42 Å². The van der Waals surface area contributed by atoms with Crippen LogP contribution in [0.2, 0.25) is 0 Å². The fourth-order valence-corrected chi connectivity index (χ4v) is 3.23. The minimum atomic E-state index is -0.213. The van der Waals surface area contributed by atoms with Crippen LogP contribution >= 0.6 is 15.9 Å². The third kappa shape index (κ3) is 1.25. The molecule has 0 aromatic heterocycles. The van der Waals surface area contributed by atoms with Gasteiger partial charge in [0.25, 0.3) is 0 Å². The van der Waals surface area contributed by atoms with Crippen LogP contribution in [0, 0.1) is 0 Å². The van der Waals surface area contributed by atoms with Gasteiger partial charge >= 0.3 is 5.63 Å². The van der Waals surface area contributed by atoms with Crippen LogP contribution in [0.4, 0.5) is 0 Å². The van der Waals surface area contributed by atoms with E-state index in [1.54, 1.807) is 0 Å². The second kappa shape index (κ2) is 3.45. The van der Waals surface area contributed by atoms with Gasteiger partial charge in [0.15, 0.2) is 0 Å². The molecule has 0 atom stereocenters. The summed E-state index contributed by atoms with van der Waals surface area (Å²) < 4.78 is 6.38. The van der Waals surface area contributed by atoms with Gasteiger partial charge in [0, 0.05) is 21.9 Å². The molecule has 0 aromatic rings. The number of furan rings is 1. The van der Waals surface area contributed by atoms with Gasteiger partial charge in [-0.25, -0.2) is 4.79 Å². The molecule has 1 heterocycles. The topological polar surface area (TPSA) is 30.2 Å². The molecule has 18 heavy (non-hydrogen) atoms. The number of halogens is 1. The van der Waals surface area contributed by atoms with Gasteiger partial charge in [0.05, 0.1) is 5.56 Å². The van der Waals surface area contributed by atoms with Crippen LogP contribution < -0.4 is 5.63 Å². The van der Waals surface area contributed by atoms with Crippen molar-refractivity contribution in [2.24, 2.45) is 0 Å². The van der Waals surface area contributed by atoms with Crippen molar-refractivity contribution in [2.75, 3.05) is 0 Å². The van der Waals surface area contributed by atoms with E-state index in [0.717, 1.165) is 21.2 Å². The summed E-state index contributed by atoms with van der Waals surface area (Å²) in [6.45, 7) is 0. The fourth-order valence-electron chi connectivity index (χ4n) is 2.85. The van der Waals surface area contributed by atoms with Crippen molar-refractivity contribution >= 4 is 15.9 Å². The van der Waals surface area contributed by atoms with Crippen LogP contribution in [-0.4, -0.2) is 0 Å². The van der Waals surface area contributed by atoms with Crippen molar-refractivity contribution in [1.82, 2.24) is 0 Å². The Morgan fingerprint density at radius 2 is 1.78 bits per heavy atom. The molecule has 1 aliphatic heterocycles. The zero-order valence-electron chi connectivity index (χ0n) is 9.39. The van der Waals surface area contributed by atoms with Crippen LogP contribution in [0.25, 0.3) is 11.3 Å². The molecule has 5 rings (SSSR count). The van der Waals surface area contributed by atoms with Crippen molar-refractivity contribution in [2.45, 2.75) is 11.8 Å². The molecular weight excluding hydrogens is 292 g/mol. The van der Waals surface area contributed by atoms with Crippen molar-refractivity contribution in [3.8, 4) is 11.3 Å². The lowest BCUT2D eigenvalue weighted by Gasteiger charge is -2.10. The van der Waals surface area contributed by atoms with E-state index in [4.69, 9.17) is 4.42 Å². The molecule has 0 N–H and O–H groups in total. The van der Waals surface area contributed by atoms with Gasteiger partial charge in [-0.05, 0) is 23.8 Å². The summed E-state index contributed by atoms with van der Waals surface area (Å²) in [4.78, 5) is 12.0. The maximum absolute atomic E-state index is 12.0. The second-order valence-corrected chi connectivity index (χ2v) is 5.60. The molecule has 0 saturated carbocycles. The lowest BCUT2D eigenvalue weighted by atomic mass is 9.95. The minimum Gasteiger partial charge on any atom is -0.422 e. The van der Waals surface area contributed by atoms with Gasteiger partial charge in [-0.3, -0.25) is 0 Å². The smallest absolute Gasteiger partial charge is 0.341 e. The molecular formula is C15H9BrO2. The van der Waals surface area contributed by atoms with Gasteiger partial charge in [0.1, 0.15) is 5.76 Å². The predicted molar refractivity (Wildman–Crippen MR) is 73.1 cm³/mol. The van der Waals surface area contributed by atoms with E-state index in [0.29, 0.717) is 5.76 Å². The Morgan fingerprint density at radius 3 is 2.56 bits per heavy atom. The molecule has 0 spiro atoms. The highest BCUT2D eigenvalue weighted by Crippen LogP contribution is 2.44. The lowest BCUT2D eigenvalue weighted by Crippen LogP contribution is -2.05. The monoisotopic (exact) mass is 300 g/mol. The number of hydrogen-bond donors (Lipinski definition) is 0. The first kappa shape index (κ1) is 10.3. The molecule has 0 fully saturated rings. The summed E-state index contributed by atoms with van der Waals surface area (Å²) in [7, 11) is 0. The van der Waals surface area contributed by atoms with E-state index in [-0.39, 0.29) is 17.5 Å². The van der Waals surface area contributed by atoms with E-state index >= 15 is 0 Å². The standard InChI is InChI=1S/C15H9BrO2/c16-10-5-6-12-14-11(7-10)8-1-3-9(4-2-8)13(14)15(17)18-12/h1-9H. The highest BCUT2D eigenvalue weighted by Gasteiger charge is 2.31. The van der Waals surface area contributed by atoms with E-state index < -0.39 is 0 Å². The molecule has 0 amide bonds. The molecule has 0 aromatic carbocycles. The zero-order valence-corrected chi connectivity index (χ0v) is 11.0. The first-order valence-corrected chi connectivity index (χ1v) is 6.66. The maximum atomic E-state index is 12.0. The van der Waals surface area contributed by atoms with Crippen molar-refractivity contribution in [3.05, 3.63) is 68.5 Å². The van der Waals surface area contributed by atoms with Crippen LogP contribution in [0.15, 0.2) is 56.2 Å². The molecule has 3 heteroatoms. The van der Waals surface area contributed by atoms with Crippen LogP contribution in [0.5, 0.6) is 0 Å². The maximum Gasteiger partial charge on any atom is 0.341 e. The first-order chi connectivity index (χ1) is 8.74. The SMILES string of the molecule is O=c1oc2ccc(Br)cc3c-2c1C1C=CC3C=C1. The Balaban J connectivity index is 2.23. The Labute approximate surface area is 112 Å². The third-order valence-electron chi connectivity index (χ3n) is 3.66. The Bertz CT molecular complexity index is 725. The zero-order chi connectivity index (χ0) is 12.3. The van der Waals surface area contributed by atoms with Crippen LogP contribution in [0.3, 0.4) is 0 Å². The summed E-state index contributed by atoms with van der Waals surface area (Å²) in [6.07, 6.45) is 8.49. The molecule has 0 unspecified atom stereocenters. The molecule has 4 aliphatic carbocycles. The van der Waals surface area contributed by atoms with Crippen molar-refractivity contribution in [3.63, 3.8) is 0 Å². The van der Waals surface area contributed by atoms with E-state index in [9.17, 15) is 4.79 Å². The number of hydrogen-bond acceptors (Lipinski definition) is 2. The lowest BCUT2D eigenvalue weighted by molar-refractivity contribution is 0.539. The minimum absolute atomic E-state index is 0.0532. The van der Waals surface area contributed by atoms with Gasteiger partial charge in [-0.1, -0.05) is 40.2 Å². The first-order valence-electron chi connectivity index (χ1n) is 5.87. The normalized spacial score (nSPS) is 23.6. The largest absolute Gasteiger partial charge is 0.422 e. The predicted octanol–water partition coefficient (Wildman–Crippen LogP) is 3.81. The summed E-state index contributed by atoms with van der Waals surface area (Å²) in [5.74, 6) is 0.959. The van der Waals surface area contributed by atoms with E-state index in [1.807, 2.05) is 12.1 Å². The molecule has 0 saturated heterocycles. The number of rotatable bonds is 0. The average Bonchev–Trinajstić information content (AvgIpc) is 2.50. The average molecular weight is 301 g/mol. The van der Waals surface area contributed by atoms with Gasteiger partial charge in [0.2, 0.25) is 0 Å². The molecule has 88 valence electrons. The highest BCUT2D eigenvalue weighted by atomic mass is 79.9.